The highest BCUT2D eigenvalue weighted by Crippen LogP contribution is 2.43. The molecule has 1 aromatic carbocycles. The number of benzene rings is 1. The molecule has 0 spiro atoms. The summed E-state index contributed by atoms with van der Waals surface area (Å²) in [6.45, 7) is 0.658. The van der Waals surface area contributed by atoms with Crippen LogP contribution in [0.4, 0.5) is 10.5 Å². The van der Waals surface area contributed by atoms with Crippen molar-refractivity contribution in [3.63, 3.8) is 0 Å². The minimum atomic E-state index is -0.620. The summed E-state index contributed by atoms with van der Waals surface area (Å²) >= 11 is 0. The highest BCUT2D eigenvalue weighted by molar-refractivity contribution is 6.04. The van der Waals surface area contributed by atoms with Crippen LogP contribution in [0.3, 0.4) is 0 Å². The summed E-state index contributed by atoms with van der Waals surface area (Å²) < 4.78 is 0. The Morgan fingerprint density at radius 2 is 1.85 bits per heavy atom. The number of amides is 3. The largest absolute Gasteiger partial charge is 0.368 e. The van der Waals surface area contributed by atoms with E-state index in [9.17, 15) is 9.59 Å². The molecule has 2 N–H and O–H groups in total. The van der Waals surface area contributed by atoms with E-state index in [2.05, 4.69) is 31.1 Å². The molecule has 1 saturated carbocycles. The Kier molecular flexibility index (Phi) is 4.18. The smallest absolute Gasteiger partial charge is 0.325 e. The van der Waals surface area contributed by atoms with Gasteiger partial charge in [-0.25, -0.2) is 4.79 Å². The van der Waals surface area contributed by atoms with Crippen molar-refractivity contribution in [2.75, 3.05) is 25.5 Å². The molecule has 2 aliphatic heterocycles. The van der Waals surface area contributed by atoms with Gasteiger partial charge >= 0.3 is 6.03 Å². The standard InChI is InChI=1S/C20H27N4O2/c1-22(2)20(11-3-4-12-20)14-7-9-15(10-8-14)24-17(18(21)25)16-6-5-13-23(16)19(24)26/h6-10,16-17H,3-5,11-13H2,1-2H3,(H2,21,25)/t16-,17?/m1/s1. The zero-order chi connectivity index (χ0) is 18.5. The first kappa shape index (κ1) is 17.3. The number of anilines is 1. The highest BCUT2D eigenvalue weighted by atomic mass is 16.2. The number of urea groups is 1. The first-order valence-electron chi connectivity index (χ1n) is 9.46. The second-order valence-electron chi connectivity index (χ2n) is 7.89. The third-order valence-electron chi connectivity index (χ3n) is 6.45. The van der Waals surface area contributed by atoms with Gasteiger partial charge in [-0.1, -0.05) is 25.0 Å². The van der Waals surface area contributed by atoms with E-state index in [1.807, 2.05) is 18.6 Å². The minimum Gasteiger partial charge on any atom is -0.368 e. The minimum absolute atomic E-state index is 0.0738. The van der Waals surface area contributed by atoms with E-state index < -0.39 is 11.9 Å². The summed E-state index contributed by atoms with van der Waals surface area (Å²) in [5.74, 6) is -0.450. The van der Waals surface area contributed by atoms with Crippen LogP contribution in [-0.4, -0.2) is 54.5 Å². The van der Waals surface area contributed by atoms with Crippen LogP contribution >= 0.6 is 0 Å². The van der Waals surface area contributed by atoms with Crippen molar-refractivity contribution < 1.29 is 9.59 Å². The van der Waals surface area contributed by atoms with Gasteiger partial charge in [0.2, 0.25) is 5.91 Å². The lowest BCUT2D eigenvalue weighted by atomic mass is 9.87. The lowest BCUT2D eigenvalue weighted by Crippen LogP contribution is -2.47. The van der Waals surface area contributed by atoms with Gasteiger partial charge < -0.3 is 10.6 Å². The summed E-state index contributed by atoms with van der Waals surface area (Å²) in [6, 6.07) is 7.21. The quantitative estimate of drug-likeness (QED) is 0.899. The Bertz CT molecular complexity index is 709. The van der Waals surface area contributed by atoms with Crippen LogP contribution < -0.4 is 10.6 Å². The van der Waals surface area contributed by atoms with Crippen LogP contribution in [-0.2, 0) is 10.3 Å². The number of fused-ring (bicyclic) bond motifs is 1. The van der Waals surface area contributed by atoms with E-state index in [1.54, 1.807) is 9.80 Å². The van der Waals surface area contributed by atoms with Crippen LogP contribution in [0.2, 0.25) is 0 Å². The molecule has 2 saturated heterocycles. The molecule has 1 aliphatic carbocycles. The maximum atomic E-state index is 12.8. The lowest BCUT2D eigenvalue weighted by Gasteiger charge is -2.37. The van der Waals surface area contributed by atoms with Crippen LogP contribution in [0.1, 0.15) is 37.7 Å². The number of hydrogen-bond acceptors (Lipinski definition) is 3. The molecular weight excluding hydrogens is 328 g/mol. The van der Waals surface area contributed by atoms with Crippen molar-refractivity contribution in [3.05, 3.63) is 36.2 Å². The van der Waals surface area contributed by atoms with Crippen molar-refractivity contribution in [2.45, 2.75) is 49.7 Å². The summed E-state index contributed by atoms with van der Waals surface area (Å²) in [6.07, 6.45) is 7.62. The van der Waals surface area contributed by atoms with Gasteiger partial charge in [0.1, 0.15) is 6.04 Å². The van der Waals surface area contributed by atoms with Crippen LogP contribution in [0.5, 0.6) is 0 Å². The monoisotopic (exact) mass is 355 g/mol. The third-order valence-corrected chi connectivity index (χ3v) is 6.45. The predicted molar refractivity (Wildman–Crippen MR) is 101 cm³/mol. The Morgan fingerprint density at radius 3 is 2.42 bits per heavy atom. The summed E-state index contributed by atoms with van der Waals surface area (Å²) in [7, 11) is 4.27. The fourth-order valence-electron chi connectivity index (χ4n) is 5.05. The molecule has 6 heteroatoms. The van der Waals surface area contributed by atoms with Crippen LogP contribution in [0.15, 0.2) is 24.3 Å². The van der Waals surface area contributed by atoms with Gasteiger partial charge in [-0.05, 0) is 57.5 Å². The zero-order valence-corrected chi connectivity index (χ0v) is 15.5. The van der Waals surface area contributed by atoms with E-state index >= 15 is 0 Å². The average molecular weight is 355 g/mol. The molecule has 4 rings (SSSR count). The van der Waals surface area contributed by atoms with Gasteiger partial charge in [0.25, 0.3) is 0 Å². The maximum Gasteiger partial charge on any atom is 0.325 e. The average Bonchev–Trinajstić information content (AvgIpc) is 3.32. The van der Waals surface area contributed by atoms with E-state index in [0.717, 1.165) is 24.9 Å². The van der Waals surface area contributed by atoms with Gasteiger partial charge in [-0.2, -0.15) is 0 Å². The van der Waals surface area contributed by atoms with E-state index in [1.165, 1.54) is 18.4 Å². The fraction of sp³-hybridized carbons (Fsp3) is 0.550. The van der Waals surface area contributed by atoms with Crippen LogP contribution in [0, 0.1) is 6.42 Å². The Hall–Kier alpha value is -2.08. The molecule has 1 radical (unpaired) electrons. The topological polar surface area (TPSA) is 69.9 Å². The first-order chi connectivity index (χ1) is 12.5. The van der Waals surface area contributed by atoms with Crippen molar-refractivity contribution in [1.29, 1.82) is 0 Å². The van der Waals surface area contributed by atoms with E-state index in [0.29, 0.717) is 6.54 Å². The number of hydrogen-bond donors (Lipinski definition) is 1. The van der Waals surface area contributed by atoms with E-state index in [-0.39, 0.29) is 17.6 Å². The molecule has 1 unspecified atom stereocenters. The van der Waals surface area contributed by atoms with Crippen molar-refractivity contribution in [1.82, 2.24) is 9.80 Å². The molecule has 6 nitrogen and oxygen atoms in total. The predicted octanol–water partition coefficient (Wildman–Crippen LogP) is 2.09. The van der Waals surface area contributed by atoms with Gasteiger partial charge in [0.05, 0.1) is 6.04 Å². The molecule has 2 atom stereocenters. The normalized spacial score (nSPS) is 27.4. The van der Waals surface area contributed by atoms with E-state index in [4.69, 9.17) is 5.73 Å². The molecule has 2 heterocycles. The molecule has 26 heavy (non-hydrogen) atoms. The Balaban J connectivity index is 1.66. The second kappa shape index (κ2) is 6.27. The molecule has 3 amide bonds. The van der Waals surface area contributed by atoms with Gasteiger partial charge in [0, 0.05) is 17.8 Å². The first-order valence-corrected chi connectivity index (χ1v) is 9.46. The molecule has 3 aliphatic rings. The van der Waals surface area contributed by atoms with Crippen molar-refractivity contribution in [3.8, 4) is 0 Å². The van der Waals surface area contributed by atoms with Gasteiger partial charge in [0.15, 0.2) is 0 Å². The number of nitrogens with zero attached hydrogens (tertiary/aromatic N) is 3. The molecule has 1 aromatic rings. The summed E-state index contributed by atoms with van der Waals surface area (Å²) in [4.78, 5) is 30.5. The Morgan fingerprint density at radius 1 is 1.19 bits per heavy atom. The van der Waals surface area contributed by atoms with Crippen molar-refractivity contribution >= 4 is 17.6 Å². The fourth-order valence-corrected chi connectivity index (χ4v) is 5.05. The Labute approximate surface area is 154 Å². The van der Waals surface area contributed by atoms with Gasteiger partial charge in [-0.15, -0.1) is 0 Å². The maximum absolute atomic E-state index is 12.8. The zero-order valence-electron chi connectivity index (χ0n) is 15.5. The molecule has 139 valence electrons. The molecule has 0 aromatic heterocycles. The number of primary amides is 1. The molecule has 3 fully saturated rings. The molecular formula is C20H27N4O2. The number of carbonyl (C=O) groups is 2. The SMILES string of the molecule is CN(C)C1(c2ccc(N3C(=O)N4CC[CH][C@@H]4C3C(N)=O)cc2)CCCC1. The highest BCUT2D eigenvalue weighted by Gasteiger charge is 2.51. The van der Waals surface area contributed by atoms with Gasteiger partial charge in [-0.3, -0.25) is 14.6 Å². The third kappa shape index (κ3) is 2.42. The van der Waals surface area contributed by atoms with Crippen molar-refractivity contribution in [2.24, 2.45) is 5.73 Å². The number of carbonyl (C=O) groups excluding carboxylic acids is 2. The lowest BCUT2D eigenvalue weighted by molar-refractivity contribution is -0.119. The summed E-state index contributed by atoms with van der Waals surface area (Å²) in [5, 5.41) is 0. The second-order valence-corrected chi connectivity index (χ2v) is 7.89. The summed E-state index contributed by atoms with van der Waals surface area (Å²) in [5.41, 5.74) is 7.75. The van der Waals surface area contributed by atoms with Crippen LogP contribution in [0.25, 0.3) is 0 Å². The number of rotatable bonds is 4. The number of nitrogens with two attached hydrogens (primary N) is 1. The molecule has 0 bridgehead atoms.